The fraction of sp³-hybridized carbons (Fsp3) is 0.333. The second-order valence-electron chi connectivity index (χ2n) is 3.13. The molecule has 1 aromatic carbocycles. The Balaban J connectivity index is 3.16. The van der Waals surface area contributed by atoms with Crippen LogP contribution in [0.15, 0.2) is 18.2 Å². The van der Waals surface area contributed by atoms with Gasteiger partial charge in [0.05, 0.1) is 0 Å². The highest BCUT2D eigenvalue weighted by atomic mass is 32.3. The average molecular weight is 220 g/mol. The maximum absolute atomic E-state index is 13.0. The van der Waals surface area contributed by atoms with Crippen LogP contribution in [0.1, 0.15) is 23.3 Å². The van der Waals surface area contributed by atoms with E-state index in [-0.39, 0.29) is 5.56 Å². The van der Waals surface area contributed by atoms with Gasteiger partial charge in [-0.05, 0) is 31.0 Å². The van der Waals surface area contributed by atoms with Gasteiger partial charge in [0.15, 0.2) is 0 Å². The van der Waals surface area contributed by atoms with E-state index in [0.29, 0.717) is 5.56 Å². The summed E-state index contributed by atoms with van der Waals surface area (Å²) in [5, 5.41) is -1.32. The number of halogens is 2. The summed E-state index contributed by atoms with van der Waals surface area (Å²) in [6.45, 7) is 2.73. The quantitative estimate of drug-likeness (QED) is 0.717. The van der Waals surface area contributed by atoms with Crippen LogP contribution in [0.4, 0.5) is 8.28 Å². The molecule has 0 saturated heterocycles. The second-order valence-corrected chi connectivity index (χ2v) is 4.78. The standard InChI is InChI=1S/C9H10F2O2S/c1-6-3-4-8(5-9(6)10)7(2)14(11,12)13/h3-5,7H,1-2H3. The molecule has 1 aromatic rings. The molecule has 0 spiro atoms. The lowest BCUT2D eigenvalue weighted by atomic mass is 10.1. The largest absolute Gasteiger partial charge is 0.309 e. The van der Waals surface area contributed by atoms with E-state index in [2.05, 4.69) is 0 Å². The predicted molar refractivity (Wildman–Crippen MR) is 49.6 cm³/mol. The van der Waals surface area contributed by atoms with Crippen LogP contribution >= 0.6 is 0 Å². The monoisotopic (exact) mass is 220 g/mol. The fourth-order valence-corrected chi connectivity index (χ4v) is 1.50. The second kappa shape index (κ2) is 3.65. The lowest BCUT2D eigenvalue weighted by Gasteiger charge is -2.07. The van der Waals surface area contributed by atoms with Crippen LogP contribution in [0.25, 0.3) is 0 Å². The molecule has 0 saturated carbocycles. The first kappa shape index (κ1) is 11.1. The van der Waals surface area contributed by atoms with Gasteiger partial charge in [0.25, 0.3) is 0 Å². The Morgan fingerprint density at radius 1 is 1.36 bits per heavy atom. The van der Waals surface area contributed by atoms with E-state index in [1.807, 2.05) is 0 Å². The van der Waals surface area contributed by atoms with Crippen molar-refractivity contribution in [1.82, 2.24) is 0 Å². The highest BCUT2D eigenvalue weighted by molar-refractivity contribution is 7.86. The molecule has 1 rings (SSSR count). The smallest absolute Gasteiger partial charge is 0.207 e. The summed E-state index contributed by atoms with van der Waals surface area (Å²) in [5.41, 5.74) is 0.521. The van der Waals surface area contributed by atoms with E-state index < -0.39 is 21.3 Å². The minimum absolute atomic E-state index is 0.121. The van der Waals surface area contributed by atoms with Crippen molar-refractivity contribution < 1.29 is 16.7 Å². The molecule has 0 N–H and O–H groups in total. The van der Waals surface area contributed by atoms with Gasteiger partial charge in [0, 0.05) is 0 Å². The minimum Gasteiger partial charge on any atom is -0.207 e. The van der Waals surface area contributed by atoms with Gasteiger partial charge in [-0.15, -0.1) is 3.89 Å². The molecule has 0 aliphatic heterocycles. The van der Waals surface area contributed by atoms with Crippen LogP contribution in [0.2, 0.25) is 0 Å². The SMILES string of the molecule is Cc1ccc(C(C)S(=O)(=O)F)cc1F. The molecule has 0 aliphatic rings. The predicted octanol–water partition coefficient (Wildman–Crippen LogP) is 2.49. The summed E-state index contributed by atoms with van der Waals surface area (Å²) < 4.78 is 46.6. The number of aryl methyl sites for hydroxylation is 1. The van der Waals surface area contributed by atoms with E-state index >= 15 is 0 Å². The number of hydrogen-bond donors (Lipinski definition) is 0. The highest BCUT2D eigenvalue weighted by Gasteiger charge is 2.21. The summed E-state index contributed by atoms with van der Waals surface area (Å²) >= 11 is 0. The molecule has 0 bridgehead atoms. The number of hydrogen-bond acceptors (Lipinski definition) is 2. The Labute approximate surface area is 81.8 Å². The van der Waals surface area contributed by atoms with Crippen molar-refractivity contribution >= 4 is 10.2 Å². The lowest BCUT2D eigenvalue weighted by Crippen LogP contribution is -2.04. The third-order valence-corrected chi connectivity index (χ3v) is 3.20. The molecular weight excluding hydrogens is 210 g/mol. The van der Waals surface area contributed by atoms with Crippen molar-refractivity contribution in [3.63, 3.8) is 0 Å². The zero-order chi connectivity index (χ0) is 10.9. The van der Waals surface area contributed by atoms with Crippen LogP contribution in [0.3, 0.4) is 0 Å². The molecule has 0 aromatic heterocycles. The molecule has 0 fully saturated rings. The Morgan fingerprint density at radius 2 is 1.93 bits per heavy atom. The molecule has 14 heavy (non-hydrogen) atoms. The molecule has 1 atom stereocenters. The van der Waals surface area contributed by atoms with Gasteiger partial charge in [0.2, 0.25) is 0 Å². The zero-order valence-corrected chi connectivity index (χ0v) is 8.61. The normalized spacial score (nSPS) is 14.0. The van der Waals surface area contributed by atoms with Gasteiger partial charge in [-0.3, -0.25) is 0 Å². The molecule has 0 amide bonds. The first-order valence-corrected chi connectivity index (χ1v) is 5.46. The van der Waals surface area contributed by atoms with Crippen molar-refractivity contribution in [2.75, 3.05) is 0 Å². The molecule has 0 radical (unpaired) electrons. The van der Waals surface area contributed by atoms with Crippen LogP contribution in [0.5, 0.6) is 0 Å². The van der Waals surface area contributed by atoms with Gasteiger partial charge in [0.1, 0.15) is 11.1 Å². The molecule has 0 aliphatic carbocycles. The Hall–Kier alpha value is -0.970. The van der Waals surface area contributed by atoms with Gasteiger partial charge >= 0.3 is 10.2 Å². The maximum atomic E-state index is 13.0. The van der Waals surface area contributed by atoms with Gasteiger partial charge < -0.3 is 0 Å². The zero-order valence-electron chi connectivity index (χ0n) is 7.79. The summed E-state index contributed by atoms with van der Waals surface area (Å²) in [4.78, 5) is 0. The fourth-order valence-electron chi connectivity index (χ4n) is 1.02. The van der Waals surface area contributed by atoms with Crippen LogP contribution in [-0.4, -0.2) is 8.42 Å². The number of benzene rings is 1. The Morgan fingerprint density at radius 3 is 2.36 bits per heavy atom. The van der Waals surface area contributed by atoms with Crippen molar-refractivity contribution in [1.29, 1.82) is 0 Å². The third-order valence-electron chi connectivity index (χ3n) is 2.09. The van der Waals surface area contributed by atoms with Gasteiger partial charge in [-0.2, -0.15) is 8.42 Å². The molecular formula is C9H10F2O2S. The highest BCUT2D eigenvalue weighted by Crippen LogP contribution is 2.24. The average Bonchev–Trinajstić information content (AvgIpc) is 2.07. The van der Waals surface area contributed by atoms with E-state index in [4.69, 9.17) is 0 Å². The Bertz CT molecular complexity index is 440. The van der Waals surface area contributed by atoms with Gasteiger partial charge in [-0.1, -0.05) is 12.1 Å². The summed E-state index contributed by atoms with van der Waals surface area (Å²) in [6, 6.07) is 3.86. The number of rotatable bonds is 2. The topological polar surface area (TPSA) is 34.1 Å². The van der Waals surface area contributed by atoms with Crippen molar-refractivity contribution in [2.24, 2.45) is 0 Å². The van der Waals surface area contributed by atoms with Crippen molar-refractivity contribution in [3.05, 3.63) is 35.1 Å². The summed E-state index contributed by atoms with van der Waals surface area (Å²) in [7, 11) is -4.65. The first-order chi connectivity index (χ1) is 6.32. The van der Waals surface area contributed by atoms with E-state index in [9.17, 15) is 16.7 Å². The van der Waals surface area contributed by atoms with Crippen LogP contribution in [0, 0.1) is 12.7 Å². The molecule has 2 nitrogen and oxygen atoms in total. The first-order valence-electron chi connectivity index (χ1n) is 4.02. The van der Waals surface area contributed by atoms with E-state index in [1.165, 1.54) is 19.1 Å². The van der Waals surface area contributed by atoms with Crippen LogP contribution < -0.4 is 0 Å². The van der Waals surface area contributed by atoms with E-state index in [1.54, 1.807) is 6.92 Å². The van der Waals surface area contributed by atoms with E-state index in [0.717, 1.165) is 6.07 Å². The van der Waals surface area contributed by atoms with Gasteiger partial charge in [-0.25, -0.2) is 4.39 Å². The lowest BCUT2D eigenvalue weighted by molar-refractivity contribution is 0.540. The minimum atomic E-state index is -4.65. The third kappa shape index (κ3) is 2.29. The molecule has 0 heterocycles. The molecule has 1 unspecified atom stereocenters. The molecule has 78 valence electrons. The van der Waals surface area contributed by atoms with Crippen molar-refractivity contribution in [3.8, 4) is 0 Å². The van der Waals surface area contributed by atoms with Crippen LogP contribution in [-0.2, 0) is 10.2 Å². The molecule has 5 heteroatoms. The Kier molecular flexibility index (Phi) is 2.89. The summed E-state index contributed by atoms with van der Waals surface area (Å²) in [5.74, 6) is -0.530. The summed E-state index contributed by atoms with van der Waals surface area (Å²) in [6.07, 6.45) is 0. The maximum Gasteiger partial charge on any atom is 0.309 e. The van der Waals surface area contributed by atoms with Crippen molar-refractivity contribution in [2.45, 2.75) is 19.1 Å².